The van der Waals surface area contributed by atoms with E-state index >= 15 is 0 Å². The van der Waals surface area contributed by atoms with Crippen LogP contribution in [0.15, 0.2) is 12.1 Å². The fourth-order valence-electron chi connectivity index (χ4n) is 1.72. The lowest BCUT2D eigenvalue weighted by molar-refractivity contribution is 0.657. The third kappa shape index (κ3) is 2.34. The summed E-state index contributed by atoms with van der Waals surface area (Å²) in [4.78, 5) is 0. The zero-order valence-electron chi connectivity index (χ0n) is 9.30. The van der Waals surface area contributed by atoms with Gasteiger partial charge in [0.1, 0.15) is 0 Å². The van der Waals surface area contributed by atoms with Crippen molar-refractivity contribution in [2.24, 2.45) is 11.5 Å². The molecule has 0 saturated carbocycles. The van der Waals surface area contributed by atoms with E-state index in [0.717, 1.165) is 6.42 Å². The Morgan fingerprint density at radius 3 is 2.21 bits per heavy atom. The Morgan fingerprint density at radius 2 is 1.64 bits per heavy atom. The number of nitrogens with two attached hydrogens (primary N) is 2. The van der Waals surface area contributed by atoms with Crippen LogP contribution in [-0.2, 0) is 0 Å². The van der Waals surface area contributed by atoms with Crippen LogP contribution in [0.4, 0.5) is 0 Å². The normalized spacial score (nSPS) is 12.9. The maximum atomic E-state index is 6.05. The van der Waals surface area contributed by atoms with Crippen molar-refractivity contribution in [1.29, 1.82) is 0 Å². The number of rotatable bonds is 3. The summed E-state index contributed by atoms with van der Waals surface area (Å²) in [7, 11) is 0. The van der Waals surface area contributed by atoms with Crippen molar-refractivity contribution in [2.75, 3.05) is 6.54 Å². The maximum absolute atomic E-state index is 6.05. The van der Waals surface area contributed by atoms with Crippen LogP contribution in [0.2, 0.25) is 0 Å². The van der Waals surface area contributed by atoms with Crippen LogP contribution in [0.5, 0.6) is 0 Å². The lowest BCUT2D eigenvalue weighted by Crippen LogP contribution is -2.16. The molecule has 0 aliphatic rings. The van der Waals surface area contributed by atoms with Crippen molar-refractivity contribution in [3.05, 3.63) is 34.4 Å². The zero-order valence-corrected chi connectivity index (χ0v) is 9.30. The SMILES string of the molecule is Cc1cc(C)c(C(N)CCN)cc1C. The van der Waals surface area contributed by atoms with E-state index in [1.54, 1.807) is 0 Å². The number of hydrogen-bond acceptors (Lipinski definition) is 2. The molecular formula is C12H20N2. The minimum absolute atomic E-state index is 0.0827. The van der Waals surface area contributed by atoms with Crippen molar-refractivity contribution in [3.63, 3.8) is 0 Å². The van der Waals surface area contributed by atoms with Crippen LogP contribution >= 0.6 is 0 Å². The summed E-state index contributed by atoms with van der Waals surface area (Å²) in [5.74, 6) is 0. The molecule has 0 heterocycles. The summed E-state index contributed by atoms with van der Waals surface area (Å²) in [5, 5.41) is 0. The van der Waals surface area contributed by atoms with Gasteiger partial charge in [-0.15, -0.1) is 0 Å². The van der Waals surface area contributed by atoms with Crippen LogP contribution in [-0.4, -0.2) is 6.54 Å². The summed E-state index contributed by atoms with van der Waals surface area (Å²) < 4.78 is 0. The number of aryl methyl sites for hydroxylation is 3. The highest BCUT2D eigenvalue weighted by Gasteiger charge is 2.09. The van der Waals surface area contributed by atoms with Gasteiger partial charge in [-0.25, -0.2) is 0 Å². The number of benzene rings is 1. The third-order valence-corrected chi connectivity index (χ3v) is 2.76. The van der Waals surface area contributed by atoms with Crippen LogP contribution in [0.3, 0.4) is 0 Å². The molecule has 1 rings (SSSR count). The van der Waals surface area contributed by atoms with Gasteiger partial charge in [-0.05, 0) is 56.0 Å². The van der Waals surface area contributed by atoms with Gasteiger partial charge in [0.25, 0.3) is 0 Å². The van der Waals surface area contributed by atoms with Crippen LogP contribution in [0.1, 0.15) is 34.7 Å². The molecule has 1 unspecified atom stereocenters. The van der Waals surface area contributed by atoms with Crippen molar-refractivity contribution >= 4 is 0 Å². The van der Waals surface area contributed by atoms with Gasteiger partial charge in [0, 0.05) is 6.04 Å². The summed E-state index contributed by atoms with van der Waals surface area (Å²) in [5.41, 5.74) is 16.7. The summed E-state index contributed by atoms with van der Waals surface area (Å²) in [6.45, 7) is 7.00. The average Bonchev–Trinajstić information content (AvgIpc) is 2.11. The minimum atomic E-state index is 0.0827. The molecule has 2 nitrogen and oxygen atoms in total. The molecule has 78 valence electrons. The van der Waals surface area contributed by atoms with Crippen molar-refractivity contribution in [3.8, 4) is 0 Å². The summed E-state index contributed by atoms with van der Waals surface area (Å²) in [6.07, 6.45) is 0.851. The molecule has 1 aromatic carbocycles. The molecule has 0 aliphatic carbocycles. The van der Waals surface area contributed by atoms with Gasteiger partial charge >= 0.3 is 0 Å². The Morgan fingerprint density at radius 1 is 1.07 bits per heavy atom. The molecule has 0 amide bonds. The van der Waals surface area contributed by atoms with Crippen LogP contribution in [0.25, 0.3) is 0 Å². The first-order valence-corrected chi connectivity index (χ1v) is 5.09. The van der Waals surface area contributed by atoms with E-state index in [1.807, 2.05) is 0 Å². The lowest BCUT2D eigenvalue weighted by atomic mass is 9.95. The number of hydrogen-bond donors (Lipinski definition) is 2. The van der Waals surface area contributed by atoms with Gasteiger partial charge in [0.2, 0.25) is 0 Å². The molecule has 0 spiro atoms. The Hall–Kier alpha value is -0.860. The fraction of sp³-hybridized carbons (Fsp3) is 0.500. The van der Waals surface area contributed by atoms with Gasteiger partial charge < -0.3 is 11.5 Å². The van der Waals surface area contributed by atoms with E-state index in [-0.39, 0.29) is 6.04 Å². The first-order valence-electron chi connectivity index (χ1n) is 5.09. The monoisotopic (exact) mass is 192 g/mol. The summed E-state index contributed by atoms with van der Waals surface area (Å²) >= 11 is 0. The fourth-order valence-corrected chi connectivity index (χ4v) is 1.72. The van der Waals surface area contributed by atoms with Gasteiger partial charge in [-0.3, -0.25) is 0 Å². The second-order valence-electron chi connectivity index (χ2n) is 3.98. The van der Waals surface area contributed by atoms with Crippen molar-refractivity contribution in [2.45, 2.75) is 33.2 Å². The Labute approximate surface area is 86.3 Å². The van der Waals surface area contributed by atoms with E-state index in [4.69, 9.17) is 11.5 Å². The third-order valence-electron chi connectivity index (χ3n) is 2.76. The topological polar surface area (TPSA) is 52.0 Å². The highest BCUT2D eigenvalue weighted by atomic mass is 14.7. The molecule has 1 atom stereocenters. The van der Waals surface area contributed by atoms with Gasteiger partial charge in [0.05, 0.1) is 0 Å². The second-order valence-corrected chi connectivity index (χ2v) is 3.98. The molecule has 0 bridgehead atoms. The first-order chi connectivity index (χ1) is 6.56. The van der Waals surface area contributed by atoms with Gasteiger partial charge in [0.15, 0.2) is 0 Å². The van der Waals surface area contributed by atoms with E-state index in [9.17, 15) is 0 Å². The van der Waals surface area contributed by atoms with Crippen molar-refractivity contribution < 1.29 is 0 Å². The van der Waals surface area contributed by atoms with Gasteiger partial charge in [-0.2, -0.15) is 0 Å². The average molecular weight is 192 g/mol. The van der Waals surface area contributed by atoms with Crippen LogP contribution in [0, 0.1) is 20.8 Å². The molecule has 0 aromatic heterocycles. The minimum Gasteiger partial charge on any atom is -0.330 e. The largest absolute Gasteiger partial charge is 0.330 e. The van der Waals surface area contributed by atoms with E-state index in [2.05, 4.69) is 32.9 Å². The Balaban J connectivity index is 3.02. The highest BCUT2D eigenvalue weighted by molar-refractivity contribution is 5.38. The Kier molecular flexibility index (Phi) is 3.67. The van der Waals surface area contributed by atoms with Crippen LogP contribution < -0.4 is 11.5 Å². The second kappa shape index (κ2) is 4.58. The first kappa shape index (κ1) is 11.2. The molecule has 14 heavy (non-hydrogen) atoms. The molecule has 2 heteroatoms. The lowest BCUT2D eigenvalue weighted by Gasteiger charge is -2.15. The quantitative estimate of drug-likeness (QED) is 0.769. The summed E-state index contributed by atoms with van der Waals surface area (Å²) in [6, 6.07) is 4.46. The molecule has 0 radical (unpaired) electrons. The van der Waals surface area contributed by atoms with E-state index in [1.165, 1.54) is 22.3 Å². The molecule has 0 saturated heterocycles. The van der Waals surface area contributed by atoms with E-state index in [0.29, 0.717) is 6.54 Å². The smallest absolute Gasteiger partial charge is 0.0309 e. The standard InChI is InChI=1S/C12H20N2/c1-8-6-10(3)11(7-9(8)2)12(14)4-5-13/h6-7,12H,4-5,13-14H2,1-3H3. The maximum Gasteiger partial charge on any atom is 0.0309 e. The predicted molar refractivity (Wildman–Crippen MR) is 61.3 cm³/mol. The molecule has 0 aliphatic heterocycles. The van der Waals surface area contributed by atoms with Crippen molar-refractivity contribution in [1.82, 2.24) is 0 Å². The molecule has 0 fully saturated rings. The van der Waals surface area contributed by atoms with Gasteiger partial charge in [-0.1, -0.05) is 12.1 Å². The highest BCUT2D eigenvalue weighted by Crippen LogP contribution is 2.21. The zero-order chi connectivity index (χ0) is 10.7. The Bertz CT molecular complexity index is 318. The molecule has 1 aromatic rings. The van der Waals surface area contributed by atoms with E-state index < -0.39 is 0 Å². The molecule has 4 N–H and O–H groups in total. The predicted octanol–water partition coefficient (Wildman–Crippen LogP) is 1.96. The molecular weight excluding hydrogens is 172 g/mol.